The number of aromatic nitrogens is 3. The van der Waals surface area contributed by atoms with Crippen molar-refractivity contribution in [3.8, 4) is 0 Å². The molecule has 1 aromatic rings. The Labute approximate surface area is 40.2 Å². The molecule has 0 unspecified atom stereocenters. The fraction of sp³-hybridized carbons (Fsp3) is 0. The van der Waals surface area contributed by atoms with Crippen LogP contribution in [-0.2, 0) is 0 Å². The highest BCUT2D eigenvalue weighted by atomic mass is 15.5. The van der Waals surface area contributed by atoms with Crippen molar-refractivity contribution in [3.63, 3.8) is 0 Å². The molecule has 0 bridgehead atoms. The quantitative estimate of drug-likeness (QED) is 0.423. The molecule has 4 nitrogen and oxygen atoms in total. The predicted octanol–water partition coefficient (Wildman–Crippen LogP) is -0.0395. The molecular formula is C3H2N4. The van der Waals surface area contributed by atoms with E-state index < -0.39 is 0 Å². The topological polar surface area (TPSA) is 35.1 Å². The molecular weight excluding hydrogens is 92.1 g/mol. The highest BCUT2D eigenvalue weighted by molar-refractivity contribution is 4.60. The fourth-order valence-electron chi connectivity index (χ4n) is 0.254. The SMILES string of the molecule is [C-]#[N+]n1cncn1. The van der Waals surface area contributed by atoms with Gasteiger partial charge in [0.25, 0.3) is 6.33 Å². The zero-order valence-electron chi connectivity index (χ0n) is 3.44. The van der Waals surface area contributed by atoms with Crippen LogP contribution < -0.4 is 0 Å². The van der Waals surface area contributed by atoms with Crippen molar-refractivity contribution >= 4 is 0 Å². The average Bonchev–Trinajstić information content (AvgIpc) is 2.14. The minimum atomic E-state index is 1.06. The Hall–Kier alpha value is -1.37. The summed E-state index contributed by atoms with van der Waals surface area (Å²) < 4.78 is 0. The van der Waals surface area contributed by atoms with Crippen LogP contribution in [0.15, 0.2) is 12.7 Å². The zero-order chi connectivity index (χ0) is 5.11. The molecule has 0 N–H and O–H groups in total. The van der Waals surface area contributed by atoms with Crippen molar-refractivity contribution in [3.05, 3.63) is 24.2 Å². The normalized spacial score (nSPS) is 7.86. The zero-order valence-corrected chi connectivity index (χ0v) is 3.44. The standard InChI is InChI=1S/C3H2N4/c1-4-7-3-5-2-6-7/h2-3H. The number of rotatable bonds is 0. The Balaban J connectivity index is 3.04. The van der Waals surface area contributed by atoms with E-state index in [-0.39, 0.29) is 0 Å². The smallest absolute Gasteiger partial charge is 0.259 e. The highest BCUT2D eigenvalue weighted by Gasteiger charge is 1.85. The van der Waals surface area contributed by atoms with E-state index in [0.29, 0.717) is 0 Å². The molecule has 0 amide bonds. The first-order valence-electron chi connectivity index (χ1n) is 1.66. The third-order valence-corrected chi connectivity index (χ3v) is 0.509. The molecule has 0 saturated heterocycles. The third-order valence-electron chi connectivity index (χ3n) is 0.509. The van der Waals surface area contributed by atoms with Gasteiger partial charge in [-0.15, -0.1) is 0 Å². The van der Waals surface area contributed by atoms with Gasteiger partial charge in [-0.3, -0.25) is 0 Å². The lowest BCUT2D eigenvalue weighted by atomic mass is 11.3. The van der Waals surface area contributed by atoms with Gasteiger partial charge in [0.1, 0.15) is 0 Å². The first-order chi connectivity index (χ1) is 3.43. The second kappa shape index (κ2) is 1.39. The molecule has 1 heterocycles. The van der Waals surface area contributed by atoms with Crippen LogP contribution in [0.1, 0.15) is 0 Å². The number of hydrogen-bond donors (Lipinski definition) is 0. The molecule has 0 atom stereocenters. The van der Waals surface area contributed by atoms with Gasteiger partial charge in [0, 0.05) is 0 Å². The van der Waals surface area contributed by atoms with Crippen molar-refractivity contribution in [2.24, 2.45) is 0 Å². The summed E-state index contributed by atoms with van der Waals surface area (Å²) in [6.45, 7) is 6.35. The molecule has 4 heteroatoms. The van der Waals surface area contributed by atoms with Crippen molar-refractivity contribution in [2.75, 3.05) is 0 Å². The summed E-state index contributed by atoms with van der Waals surface area (Å²) in [5, 5.41) is 3.49. The largest absolute Gasteiger partial charge is 0.349 e. The molecule has 0 fully saturated rings. The van der Waals surface area contributed by atoms with Crippen LogP contribution in [-0.4, -0.2) is 14.9 Å². The van der Waals surface area contributed by atoms with Crippen LogP contribution in [0.25, 0.3) is 4.95 Å². The highest BCUT2D eigenvalue weighted by Crippen LogP contribution is 1.72. The van der Waals surface area contributed by atoms with Crippen LogP contribution in [0.4, 0.5) is 0 Å². The molecule has 0 spiro atoms. The molecule has 34 valence electrons. The Bertz CT molecular complexity index is 169. The predicted molar refractivity (Wildman–Crippen MR) is 22.0 cm³/mol. The fourth-order valence-corrected chi connectivity index (χ4v) is 0.254. The Morgan fingerprint density at radius 2 is 2.57 bits per heavy atom. The Kier molecular flexibility index (Phi) is 0.755. The van der Waals surface area contributed by atoms with E-state index in [1.807, 2.05) is 0 Å². The summed E-state index contributed by atoms with van der Waals surface area (Å²) in [6, 6.07) is 0. The van der Waals surface area contributed by atoms with Gasteiger partial charge < -0.3 is 11.5 Å². The molecule has 0 aliphatic heterocycles. The molecule has 0 aliphatic rings. The van der Waals surface area contributed by atoms with Gasteiger partial charge in [-0.2, -0.15) is 4.98 Å². The van der Waals surface area contributed by atoms with Crippen LogP contribution in [0, 0.1) is 6.57 Å². The van der Waals surface area contributed by atoms with Gasteiger partial charge >= 0.3 is 0 Å². The van der Waals surface area contributed by atoms with E-state index in [1.165, 1.54) is 12.7 Å². The lowest BCUT2D eigenvalue weighted by Gasteiger charge is -1.68. The van der Waals surface area contributed by atoms with Gasteiger partial charge in [0.15, 0.2) is 6.33 Å². The third kappa shape index (κ3) is 0.550. The summed E-state index contributed by atoms with van der Waals surface area (Å²) in [6.07, 6.45) is 2.66. The van der Waals surface area contributed by atoms with Gasteiger partial charge in [-0.05, 0) is 0 Å². The Morgan fingerprint density at radius 3 is 2.86 bits per heavy atom. The molecule has 0 aliphatic carbocycles. The average molecular weight is 94.1 g/mol. The molecule has 1 rings (SSSR count). The van der Waals surface area contributed by atoms with Crippen LogP contribution in [0.3, 0.4) is 0 Å². The van der Waals surface area contributed by atoms with E-state index in [4.69, 9.17) is 6.57 Å². The summed E-state index contributed by atoms with van der Waals surface area (Å²) >= 11 is 0. The van der Waals surface area contributed by atoms with E-state index in [1.54, 1.807) is 0 Å². The summed E-state index contributed by atoms with van der Waals surface area (Å²) in [5.74, 6) is 0. The van der Waals surface area contributed by atoms with Gasteiger partial charge in [0.2, 0.25) is 0 Å². The maximum absolute atomic E-state index is 6.35. The minimum Gasteiger partial charge on any atom is -0.349 e. The monoisotopic (exact) mass is 94.0 g/mol. The Morgan fingerprint density at radius 1 is 1.71 bits per heavy atom. The van der Waals surface area contributed by atoms with Crippen molar-refractivity contribution < 1.29 is 0 Å². The lowest BCUT2D eigenvalue weighted by molar-refractivity contribution is 0.873. The van der Waals surface area contributed by atoms with Crippen LogP contribution in [0.2, 0.25) is 0 Å². The molecule has 1 aromatic heterocycles. The van der Waals surface area contributed by atoms with Crippen molar-refractivity contribution in [2.45, 2.75) is 0 Å². The van der Waals surface area contributed by atoms with E-state index >= 15 is 0 Å². The first-order valence-corrected chi connectivity index (χ1v) is 1.66. The van der Waals surface area contributed by atoms with E-state index in [2.05, 4.69) is 15.0 Å². The molecule has 0 saturated carbocycles. The van der Waals surface area contributed by atoms with Crippen LogP contribution >= 0.6 is 0 Å². The molecule has 7 heavy (non-hydrogen) atoms. The summed E-state index contributed by atoms with van der Waals surface area (Å²) in [4.78, 5) is 7.51. The second-order valence-corrected chi connectivity index (χ2v) is 0.916. The van der Waals surface area contributed by atoms with Crippen molar-refractivity contribution in [1.82, 2.24) is 14.9 Å². The van der Waals surface area contributed by atoms with Gasteiger partial charge in [-0.25, -0.2) is 0 Å². The lowest BCUT2D eigenvalue weighted by Crippen LogP contribution is -1.79. The first kappa shape index (κ1) is 3.81. The maximum Gasteiger partial charge on any atom is 0.259 e. The minimum absolute atomic E-state index is 1.06. The number of hydrogen-bond acceptors (Lipinski definition) is 2. The van der Waals surface area contributed by atoms with Gasteiger partial charge in [0.05, 0.1) is 9.89 Å². The molecule has 0 aromatic carbocycles. The van der Waals surface area contributed by atoms with Crippen LogP contribution in [0.5, 0.6) is 0 Å². The van der Waals surface area contributed by atoms with Gasteiger partial charge in [-0.1, -0.05) is 0 Å². The maximum atomic E-state index is 6.35. The van der Waals surface area contributed by atoms with E-state index in [0.717, 1.165) is 4.79 Å². The number of nitrogens with zero attached hydrogens (tertiary/aromatic N) is 4. The molecule has 0 radical (unpaired) electrons. The summed E-state index contributed by atoms with van der Waals surface area (Å²) in [7, 11) is 0. The van der Waals surface area contributed by atoms with E-state index in [9.17, 15) is 0 Å². The van der Waals surface area contributed by atoms with Crippen molar-refractivity contribution in [1.29, 1.82) is 0 Å². The summed E-state index contributed by atoms with van der Waals surface area (Å²) in [5.41, 5.74) is 0. The second-order valence-electron chi connectivity index (χ2n) is 0.916.